The van der Waals surface area contributed by atoms with Gasteiger partial charge in [-0.15, -0.1) is 0 Å². The Bertz CT molecular complexity index is 798. The summed E-state index contributed by atoms with van der Waals surface area (Å²) in [6, 6.07) is 8.68. The van der Waals surface area contributed by atoms with Crippen molar-refractivity contribution in [3.05, 3.63) is 57.8 Å². The van der Waals surface area contributed by atoms with E-state index in [4.69, 9.17) is 32.7 Å². The van der Waals surface area contributed by atoms with E-state index in [-0.39, 0.29) is 11.6 Å². The molecule has 0 aliphatic carbocycles. The van der Waals surface area contributed by atoms with Gasteiger partial charge in [0.05, 0.1) is 5.02 Å². The number of hydrogen-bond donors (Lipinski definition) is 1. The number of hydrogen-bond acceptors (Lipinski definition) is 4. The molecule has 0 fully saturated rings. The molecule has 0 saturated carbocycles. The first kappa shape index (κ1) is 19.0. The summed E-state index contributed by atoms with van der Waals surface area (Å²) in [5, 5.41) is 2.87. The van der Waals surface area contributed by atoms with E-state index in [9.17, 15) is 14.0 Å². The fourth-order valence-electron chi connectivity index (χ4n) is 1.87. The SMILES string of the molecule is Cc1cc(Cl)ccc1OCC(=O)OCC(=O)Nc1ccc(F)c(Cl)c1. The Kier molecular flexibility index (Phi) is 6.61. The van der Waals surface area contributed by atoms with Gasteiger partial charge in [-0.2, -0.15) is 0 Å². The maximum absolute atomic E-state index is 13.0. The number of halogens is 3. The largest absolute Gasteiger partial charge is 0.482 e. The van der Waals surface area contributed by atoms with Crippen LogP contribution in [0.5, 0.6) is 5.75 Å². The third-order valence-corrected chi connectivity index (χ3v) is 3.57. The van der Waals surface area contributed by atoms with E-state index >= 15 is 0 Å². The van der Waals surface area contributed by atoms with Gasteiger partial charge >= 0.3 is 5.97 Å². The average molecular weight is 386 g/mol. The molecule has 0 radical (unpaired) electrons. The van der Waals surface area contributed by atoms with Crippen molar-refractivity contribution in [1.82, 2.24) is 0 Å². The normalized spacial score (nSPS) is 10.2. The van der Waals surface area contributed by atoms with Crippen LogP contribution in [0.2, 0.25) is 10.0 Å². The minimum atomic E-state index is -0.707. The Hall–Kier alpha value is -2.31. The third-order valence-electron chi connectivity index (χ3n) is 3.05. The Morgan fingerprint density at radius 3 is 2.56 bits per heavy atom. The van der Waals surface area contributed by atoms with E-state index < -0.39 is 24.3 Å². The van der Waals surface area contributed by atoms with Crippen LogP contribution in [0, 0.1) is 12.7 Å². The fraction of sp³-hybridized carbons (Fsp3) is 0.176. The molecule has 1 N–H and O–H groups in total. The lowest BCUT2D eigenvalue weighted by atomic mass is 10.2. The number of esters is 1. The quantitative estimate of drug-likeness (QED) is 0.763. The highest BCUT2D eigenvalue weighted by Gasteiger charge is 2.10. The number of nitrogens with one attached hydrogen (secondary N) is 1. The van der Waals surface area contributed by atoms with Gasteiger partial charge in [-0.05, 0) is 48.9 Å². The van der Waals surface area contributed by atoms with Crippen molar-refractivity contribution in [3.63, 3.8) is 0 Å². The van der Waals surface area contributed by atoms with E-state index in [0.29, 0.717) is 16.5 Å². The topological polar surface area (TPSA) is 64.6 Å². The molecule has 0 heterocycles. The molecule has 8 heteroatoms. The van der Waals surface area contributed by atoms with E-state index in [1.54, 1.807) is 25.1 Å². The molecule has 0 bridgehead atoms. The van der Waals surface area contributed by atoms with Gasteiger partial charge in [-0.3, -0.25) is 4.79 Å². The number of carbonyl (C=O) groups excluding carboxylic acids is 2. The number of aryl methyl sites for hydroxylation is 1. The Morgan fingerprint density at radius 2 is 1.88 bits per heavy atom. The van der Waals surface area contributed by atoms with Crippen LogP contribution in [-0.4, -0.2) is 25.1 Å². The number of benzene rings is 2. The van der Waals surface area contributed by atoms with Gasteiger partial charge in [0, 0.05) is 10.7 Å². The molecule has 132 valence electrons. The first-order valence-corrected chi connectivity index (χ1v) is 7.90. The van der Waals surface area contributed by atoms with Crippen molar-refractivity contribution >= 4 is 40.8 Å². The molecule has 0 aliphatic heterocycles. The van der Waals surface area contributed by atoms with Crippen LogP contribution in [0.3, 0.4) is 0 Å². The molecule has 0 unspecified atom stereocenters. The highest BCUT2D eigenvalue weighted by molar-refractivity contribution is 6.31. The van der Waals surface area contributed by atoms with Gasteiger partial charge in [-0.25, -0.2) is 9.18 Å². The lowest BCUT2D eigenvalue weighted by molar-refractivity contribution is -0.149. The summed E-state index contributed by atoms with van der Waals surface area (Å²) in [6.45, 7) is 0.933. The van der Waals surface area contributed by atoms with Crippen molar-refractivity contribution in [1.29, 1.82) is 0 Å². The second-order valence-corrected chi connectivity index (χ2v) is 5.88. The zero-order valence-corrected chi connectivity index (χ0v) is 14.7. The number of carbonyl (C=O) groups is 2. The monoisotopic (exact) mass is 385 g/mol. The van der Waals surface area contributed by atoms with Crippen molar-refractivity contribution in [2.75, 3.05) is 18.5 Å². The third kappa shape index (κ3) is 5.92. The van der Waals surface area contributed by atoms with E-state index in [0.717, 1.165) is 11.6 Å². The molecule has 25 heavy (non-hydrogen) atoms. The number of amides is 1. The summed E-state index contributed by atoms with van der Waals surface area (Å²) in [5.74, 6) is -1.40. The van der Waals surface area contributed by atoms with Gasteiger partial charge in [0.15, 0.2) is 13.2 Å². The molecule has 2 aromatic carbocycles. The van der Waals surface area contributed by atoms with E-state index in [2.05, 4.69) is 5.32 Å². The number of ether oxygens (including phenoxy) is 2. The minimum absolute atomic E-state index is 0.124. The van der Waals surface area contributed by atoms with Crippen LogP contribution in [0.1, 0.15) is 5.56 Å². The van der Waals surface area contributed by atoms with E-state index in [1.165, 1.54) is 12.1 Å². The molecule has 5 nitrogen and oxygen atoms in total. The average Bonchev–Trinajstić information content (AvgIpc) is 2.55. The molecule has 0 aliphatic rings. The number of anilines is 1. The molecular formula is C17H14Cl2FNO4. The maximum Gasteiger partial charge on any atom is 0.344 e. The van der Waals surface area contributed by atoms with Crippen LogP contribution in [0.25, 0.3) is 0 Å². The Morgan fingerprint density at radius 1 is 1.12 bits per heavy atom. The Balaban J connectivity index is 1.77. The van der Waals surface area contributed by atoms with Crippen molar-refractivity contribution in [3.8, 4) is 5.75 Å². The molecule has 1 amide bonds. The lowest BCUT2D eigenvalue weighted by Gasteiger charge is -2.10. The standard InChI is InChI=1S/C17H14Cl2FNO4/c1-10-6-11(18)2-5-15(10)24-9-17(23)25-8-16(22)21-12-3-4-14(20)13(19)7-12/h2-7H,8-9H2,1H3,(H,21,22). The summed E-state index contributed by atoms with van der Waals surface area (Å²) in [4.78, 5) is 23.3. The smallest absolute Gasteiger partial charge is 0.344 e. The predicted molar refractivity (Wildman–Crippen MR) is 92.7 cm³/mol. The summed E-state index contributed by atoms with van der Waals surface area (Å²) < 4.78 is 23.1. The molecule has 0 aromatic heterocycles. The second kappa shape index (κ2) is 8.69. The van der Waals surface area contributed by atoms with Crippen molar-refractivity contribution < 1.29 is 23.5 Å². The van der Waals surface area contributed by atoms with E-state index in [1.807, 2.05) is 0 Å². The second-order valence-electron chi connectivity index (χ2n) is 5.04. The Labute approximate surface area is 153 Å². The first-order chi connectivity index (χ1) is 11.8. The predicted octanol–water partition coefficient (Wildman–Crippen LogP) is 4.00. The molecule has 2 aromatic rings. The maximum atomic E-state index is 13.0. The van der Waals surface area contributed by atoms with Gasteiger partial charge in [-0.1, -0.05) is 23.2 Å². The van der Waals surface area contributed by atoms with Crippen LogP contribution in [0.4, 0.5) is 10.1 Å². The van der Waals surface area contributed by atoms with Crippen LogP contribution in [-0.2, 0) is 14.3 Å². The van der Waals surface area contributed by atoms with Crippen molar-refractivity contribution in [2.45, 2.75) is 6.92 Å². The summed E-state index contributed by atoms with van der Waals surface area (Å²) in [7, 11) is 0. The zero-order valence-electron chi connectivity index (χ0n) is 13.1. The minimum Gasteiger partial charge on any atom is -0.482 e. The molecule has 0 spiro atoms. The van der Waals surface area contributed by atoms with Crippen LogP contribution < -0.4 is 10.1 Å². The summed E-state index contributed by atoms with van der Waals surface area (Å²) in [6.07, 6.45) is 0. The molecule has 0 saturated heterocycles. The number of rotatable bonds is 6. The van der Waals surface area contributed by atoms with Gasteiger partial charge in [0.25, 0.3) is 5.91 Å². The van der Waals surface area contributed by atoms with Gasteiger partial charge in [0.1, 0.15) is 11.6 Å². The highest BCUT2D eigenvalue weighted by Crippen LogP contribution is 2.22. The molecule has 0 atom stereocenters. The fourth-order valence-corrected chi connectivity index (χ4v) is 2.28. The van der Waals surface area contributed by atoms with Crippen LogP contribution >= 0.6 is 23.2 Å². The first-order valence-electron chi connectivity index (χ1n) is 7.14. The van der Waals surface area contributed by atoms with Gasteiger partial charge in [0.2, 0.25) is 0 Å². The molecular weight excluding hydrogens is 372 g/mol. The highest BCUT2D eigenvalue weighted by atomic mass is 35.5. The van der Waals surface area contributed by atoms with Gasteiger partial charge < -0.3 is 14.8 Å². The summed E-state index contributed by atoms with van der Waals surface area (Å²) >= 11 is 11.4. The lowest BCUT2D eigenvalue weighted by Crippen LogP contribution is -2.23. The zero-order chi connectivity index (χ0) is 18.4. The molecule has 2 rings (SSSR count). The summed E-state index contributed by atoms with van der Waals surface area (Å²) in [5.41, 5.74) is 1.06. The van der Waals surface area contributed by atoms with Crippen LogP contribution in [0.15, 0.2) is 36.4 Å². The van der Waals surface area contributed by atoms with Crippen molar-refractivity contribution in [2.24, 2.45) is 0 Å².